The van der Waals surface area contributed by atoms with Gasteiger partial charge < -0.3 is 15.5 Å². The van der Waals surface area contributed by atoms with Crippen LogP contribution in [0, 0.1) is 6.92 Å². The van der Waals surface area contributed by atoms with Crippen molar-refractivity contribution in [2.75, 3.05) is 11.1 Å². The van der Waals surface area contributed by atoms with E-state index in [-0.39, 0.29) is 5.56 Å². The van der Waals surface area contributed by atoms with E-state index in [0.717, 1.165) is 5.39 Å². The predicted octanol–water partition coefficient (Wildman–Crippen LogP) is 2.94. The molecule has 5 nitrogen and oxygen atoms in total. The van der Waals surface area contributed by atoms with E-state index >= 15 is 0 Å². The normalized spacial score (nSPS) is 10.6. The molecule has 3 aromatic rings. The van der Waals surface area contributed by atoms with Gasteiger partial charge in [-0.3, -0.25) is 4.79 Å². The number of benzene rings is 2. The van der Waals surface area contributed by atoms with Crippen LogP contribution in [0.4, 0.5) is 11.4 Å². The number of carbonyl (C=O) groups excluding carboxylic acids is 1. The Balaban J connectivity index is 2.06. The first kappa shape index (κ1) is 13.9. The Morgan fingerprint density at radius 3 is 2.68 bits per heavy atom. The molecule has 3 N–H and O–H groups in total. The van der Waals surface area contributed by atoms with Gasteiger partial charge in [-0.2, -0.15) is 0 Å². The molecule has 3 rings (SSSR count). The number of hydrogen-bond donors (Lipinski definition) is 2. The second kappa shape index (κ2) is 5.37. The molecule has 22 heavy (non-hydrogen) atoms. The Morgan fingerprint density at radius 2 is 1.91 bits per heavy atom. The Morgan fingerprint density at radius 1 is 1.14 bits per heavy atom. The lowest BCUT2D eigenvalue weighted by Crippen LogP contribution is -2.22. The molecule has 0 aliphatic carbocycles. The highest BCUT2D eigenvalue weighted by atomic mass is 16.4. The molecule has 0 atom stereocenters. The highest BCUT2D eigenvalue weighted by Gasteiger charge is 2.18. The van der Waals surface area contributed by atoms with E-state index in [1.54, 1.807) is 43.3 Å². The number of aryl methyl sites for hydroxylation is 1. The lowest BCUT2D eigenvalue weighted by atomic mass is 10.1. The number of nitrogens with two attached hydrogens (primary N) is 1. The van der Waals surface area contributed by atoms with Gasteiger partial charge >= 0.3 is 5.63 Å². The lowest BCUT2D eigenvalue weighted by molar-refractivity contribution is 0.102. The minimum Gasteiger partial charge on any atom is -0.422 e. The molecule has 1 aromatic heterocycles. The summed E-state index contributed by atoms with van der Waals surface area (Å²) in [6.45, 7) is 1.73. The van der Waals surface area contributed by atoms with Crippen LogP contribution in [0.15, 0.2) is 57.7 Å². The average molecular weight is 294 g/mol. The molecule has 0 unspecified atom stereocenters. The van der Waals surface area contributed by atoms with Crippen LogP contribution in [0.25, 0.3) is 11.0 Å². The molecule has 1 amide bonds. The molecule has 0 bridgehead atoms. The molecule has 0 fully saturated rings. The van der Waals surface area contributed by atoms with Gasteiger partial charge in [0.05, 0.1) is 0 Å². The molecule has 0 spiro atoms. The first-order chi connectivity index (χ1) is 10.6. The summed E-state index contributed by atoms with van der Waals surface area (Å²) in [6, 6.07) is 13.9. The minimum atomic E-state index is -0.655. The van der Waals surface area contributed by atoms with Crippen molar-refractivity contribution in [1.29, 1.82) is 0 Å². The third kappa shape index (κ3) is 2.44. The molecule has 0 aliphatic rings. The zero-order valence-electron chi connectivity index (χ0n) is 11.9. The molecular formula is C17H14N2O3. The van der Waals surface area contributed by atoms with Crippen molar-refractivity contribution in [2.45, 2.75) is 6.92 Å². The molecule has 2 aromatic carbocycles. The summed E-state index contributed by atoms with van der Waals surface area (Å²) in [6.07, 6.45) is 0. The summed E-state index contributed by atoms with van der Waals surface area (Å²) in [7, 11) is 0. The quantitative estimate of drug-likeness (QED) is 0.562. The molecule has 110 valence electrons. The number of hydrogen-bond acceptors (Lipinski definition) is 4. The summed E-state index contributed by atoms with van der Waals surface area (Å²) in [4.78, 5) is 24.5. The SMILES string of the molecule is Cc1c(C(=O)Nc2cccc(N)c2)c(=O)oc2ccccc12. The van der Waals surface area contributed by atoms with Crippen molar-refractivity contribution < 1.29 is 9.21 Å². The van der Waals surface area contributed by atoms with Crippen LogP contribution < -0.4 is 16.7 Å². The maximum Gasteiger partial charge on any atom is 0.349 e. The smallest absolute Gasteiger partial charge is 0.349 e. The fourth-order valence-electron chi connectivity index (χ4n) is 2.38. The van der Waals surface area contributed by atoms with Gasteiger partial charge in [0.2, 0.25) is 0 Å². The van der Waals surface area contributed by atoms with Gasteiger partial charge in [-0.05, 0) is 36.8 Å². The maximum atomic E-state index is 12.4. The molecule has 0 radical (unpaired) electrons. The predicted molar refractivity (Wildman–Crippen MR) is 86.0 cm³/mol. The Labute approximate surface area is 126 Å². The number of rotatable bonds is 2. The Hall–Kier alpha value is -3.08. The zero-order chi connectivity index (χ0) is 15.7. The van der Waals surface area contributed by atoms with Crippen LogP contribution in [0.1, 0.15) is 15.9 Å². The van der Waals surface area contributed by atoms with E-state index in [0.29, 0.717) is 22.5 Å². The average Bonchev–Trinajstić information content (AvgIpc) is 2.47. The molecule has 5 heteroatoms. The van der Waals surface area contributed by atoms with Gasteiger partial charge in [0.15, 0.2) is 0 Å². The maximum absolute atomic E-state index is 12.4. The van der Waals surface area contributed by atoms with Gasteiger partial charge in [-0.15, -0.1) is 0 Å². The van der Waals surface area contributed by atoms with Gasteiger partial charge in [-0.25, -0.2) is 4.79 Å². The number of amides is 1. The Kier molecular flexibility index (Phi) is 3.39. The number of para-hydroxylation sites is 1. The highest BCUT2D eigenvalue weighted by Crippen LogP contribution is 2.20. The summed E-state index contributed by atoms with van der Waals surface area (Å²) >= 11 is 0. The standard InChI is InChI=1S/C17H14N2O3/c1-10-13-7-2-3-8-14(13)22-17(21)15(10)16(20)19-12-6-4-5-11(18)9-12/h2-9H,18H2,1H3,(H,19,20). The van der Waals surface area contributed by atoms with Crippen molar-refractivity contribution >= 4 is 28.3 Å². The van der Waals surface area contributed by atoms with E-state index in [9.17, 15) is 9.59 Å². The summed E-state index contributed by atoms with van der Waals surface area (Å²) < 4.78 is 5.22. The number of anilines is 2. The molecular weight excluding hydrogens is 280 g/mol. The van der Waals surface area contributed by atoms with E-state index in [1.807, 2.05) is 12.1 Å². The van der Waals surface area contributed by atoms with Crippen molar-refractivity contribution in [3.63, 3.8) is 0 Å². The second-order valence-electron chi connectivity index (χ2n) is 4.97. The first-order valence-corrected chi connectivity index (χ1v) is 6.75. The van der Waals surface area contributed by atoms with Crippen LogP contribution in [-0.2, 0) is 0 Å². The fourth-order valence-corrected chi connectivity index (χ4v) is 2.38. The largest absolute Gasteiger partial charge is 0.422 e. The van der Waals surface area contributed by atoms with E-state index < -0.39 is 11.5 Å². The fraction of sp³-hybridized carbons (Fsp3) is 0.0588. The van der Waals surface area contributed by atoms with Crippen molar-refractivity contribution in [3.05, 3.63) is 70.1 Å². The Bertz CT molecular complexity index is 929. The minimum absolute atomic E-state index is 0.00104. The van der Waals surface area contributed by atoms with Crippen LogP contribution >= 0.6 is 0 Å². The van der Waals surface area contributed by atoms with Crippen molar-refractivity contribution in [1.82, 2.24) is 0 Å². The summed E-state index contributed by atoms with van der Waals surface area (Å²) in [5, 5.41) is 3.40. The van der Waals surface area contributed by atoms with Crippen LogP contribution in [0.5, 0.6) is 0 Å². The molecule has 1 heterocycles. The monoisotopic (exact) mass is 294 g/mol. The number of nitrogen functional groups attached to an aromatic ring is 1. The number of fused-ring (bicyclic) bond motifs is 1. The van der Waals surface area contributed by atoms with Crippen LogP contribution in [0.2, 0.25) is 0 Å². The molecule has 0 aliphatic heterocycles. The highest BCUT2D eigenvalue weighted by molar-refractivity contribution is 6.07. The van der Waals surface area contributed by atoms with Crippen molar-refractivity contribution in [2.24, 2.45) is 0 Å². The number of nitrogens with one attached hydrogen (secondary N) is 1. The van der Waals surface area contributed by atoms with Crippen molar-refractivity contribution in [3.8, 4) is 0 Å². The van der Waals surface area contributed by atoms with E-state index in [2.05, 4.69) is 5.32 Å². The van der Waals surface area contributed by atoms with E-state index in [1.165, 1.54) is 0 Å². The number of carbonyl (C=O) groups is 1. The lowest BCUT2D eigenvalue weighted by Gasteiger charge is -2.09. The van der Waals surface area contributed by atoms with Gasteiger partial charge in [-0.1, -0.05) is 24.3 Å². The van der Waals surface area contributed by atoms with Gasteiger partial charge in [0.25, 0.3) is 5.91 Å². The topological polar surface area (TPSA) is 85.3 Å². The summed E-state index contributed by atoms with van der Waals surface area (Å²) in [5.74, 6) is -0.511. The zero-order valence-corrected chi connectivity index (χ0v) is 11.9. The molecule has 0 saturated carbocycles. The third-order valence-corrected chi connectivity index (χ3v) is 3.44. The van der Waals surface area contributed by atoms with Gasteiger partial charge in [0, 0.05) is 16.8 Å². The van der Waals surface area contributed by atoms with Crippen LogP contribution in [-0.4, -0.2) is 5.91 Å². The summed E-state index contributed by atoms with van der Waals surface area (Å²) in [5.41, 5.74) is 7.13. The third-order valence-electron chi connectivity index (χ3n) is 3.44. The second-order valence-corrected chi connectivity index (χ2v) is 4.97. The van der Waals surface area contributed by atoms with Gasteiger partial charge in [0.1, 0.15) is 11.1 Å². The molecule has 0 saturated heterocycles. The van der Waals surface area contributed by atoms with Crippen LogP contribution in [0.3, 0.4) is 0 Å². The van der Waals surface area contributed by atoms with E-state index in [4.69, 9.17) is 10.2 Å². The first-order valence-electron chi connectivity index (χ1n) is 6.75.